The molecule has 23 heavy (non-hydrogen) atoms. The topological polar surface area (TPSA) is 60.8 Å². The van der Waals surface area contributed by atoms with E-state index in [1.807, 2.05) is 45.9 Å². The lowest BCUT2D eigenvalue weighted by atomic mass is 9.76. The molecule has 0 saturated carbocycles. The van der Waals surface area contributed by atoms with Crippen LogP contribution in [0.4, 0.5) is 0 Å². The highest BCUT2D eigenvalue weighted by Gasteiger charge is 2.52. The van der Waals surface area contributed by atoms with Crippen LogP contribution in [-0.4, -0.2) is 35.5 Å². The fraction of sp³-hybridized carbons (Fsp3) is 0.471. The van der Waals surface area contributed by atoms with Gasteiger partial charge in [-0.1, -0.05) is 6.07 Å². The van der Waals surface area contributed by atoms with E-state index in [0.29, 0.717) is 5.75 Å². The fourth-order valence-electron chi connectivity index (χ4n) is 2.67. The van der Waals surface area contributed by atoms with Gasteiger partial charge >= 0.3 is 7.12 Å². The van der Waals surface area contributed by atoms with Gasteiger partial charge in [0.25, 0.3) is 0 Å². The molecule has 5 nitrogen and oxygen atoms in total. The second kappa shape index (κ2) is 5.48. The van der Waals surface area contributed by atoms with E-state index in [-0.39, 0.29) is 6.61 Å². The third kappa shape index (κ3) is 2.71. The molecular formula is C17H22BNO4. The van der Waals surface area contributed by atoms with Crippen LogP contribution in [0.5, 0.6) is 5.75 Å². The summed E-state index contributed by atoms with van der Waals surface area (Å²) in [5, 5.41) is 10.5. The molecule has 0 aliphatic carbocycles. The first-order chi connectivity index (χ1) is 10.8. The van der Waals surface area contributed by atoms with E-state index in [0.717, 1.165) is 21.9 Å². The Balaban J connectivity index is 2.14. The molecule has 1 aliphatic rings. The predicted molar refractivity (Wildman–Crippen MR) is 89.9 cm³/mol. The van der Waals surface area contributed by atoms with Crippen molar-refractivity contribution in [2.45, 2.75) is 45.5 Å². The molecule has 0 spiro atoms. The fourth-order valence-corrected chi connectivity index (χ4v) is 2.67. The van der Waals surface area contributed by atoms with Crippen molar-refractivity contribution in [3.8, 4) is 5.75 Å². The van der Waals surface area contributed by atoms with Gasteiger partial charge in [0.15, 0.2) is 0 Å². The molecule has 122 valence electrons. The van der Waals surface area contributed by atoms with Crippen LogP contribution in [0.2, 0.25) is 0 Å². The third-order valence-electron chi connectivity index (χ3n) is 4.77. The van der Waals surface area contributed by atoms with Crippen LogP contribution in [0.15, 0.2) is 24.4 Å². The van der Waals surface area contributed by atoms with Crippen molar-refractivity contribution < 1.29 is 19.2 Å². The van der Waals surface area contributed by atoms with Crippen LogP contribution >= 0.6 is 0 Å². The van der Waals surface area contributed by atoms with Crippen LogP contribution in [-0.2, 0) is 15.9 Å². The Morgan fingerprint density at radius 3 is 2.35 bits per heavy atom. The van der Waals surface area contributed by atoms with Crippen molar-refractivity contribution in [1.29, 1.82) is 0 Å². The van der Waals surface area contributed by atoms with Crippen molar-refractivity contribution >= 4 is 23.5 Å². The summed E-state index contributed by atoms with van der Waals surface area (Å²) >= 11 is 0. The van der Waals surface area contributed by atoms with E-state index in [2.05, 4.69) is 4.98 Å². The lowest BCUT2D eigenvalue weighted by Gasteiger charge is -2.32. The SMILES string of the molecule is COc1cnc2c(B3OC(C)(C)C(C)(C)O3)cc(CO)cc2c1. The second-order valence-corrected chi connectivity index (χ2v) is 6.88. The Bertz CT molecular complexity index is 723. The van der Waals surface area contributed by atoms with Crippen LogP contribution in [0.1, 0.15) is 33.3 Å². The van der Waals surface area contributed by atoms with E-state index >= 15 is 0 Å². The summed E-state index contributed by atoms with van der Waals surface area (Å²) < 4.78 is 17.5. The molecule has 1 aromatic carbocycles. The molecule has 2 aromatic rings. The molecule has 0 amide bonds. The van der Waals surface area contributed by atoms with Crippen LogP contribution in [0.25, 0.3) is 10.9 Å². The highest BCUT2D eigenvalue weighted by Crippen LogP contribution is 2.37. The van der Waals surface area contributed by atoms with Gasteiger partial charge in [-0.05, 0) is 45.4 Å². The number of hydrogen-bond donors (Lipinski definition) is 1. The predicted octanol–water partition coefficient (Wildman–Crippen LogP) is 2.03. The molecule has 1 fully saturated rings. The van der Waals surface area contributed by atoms with E-state index < -0.39 is 18.3 Å². The normalized spacial score (nSPS) is 19.3. The Morgan fingerprint density at radius 1 is 1.13 bits per heavy atom. The zero-order valence-electron chi connectivity index (χ0n) is 14.2. The zero-order chi connectivity index (χ0) is 16.8. The molecule has 3 rings (SSSR count). The van der Waals surface area contributed by atoms with Crippen molar-refractivity contribution in [2.24, 2.45) is 0 Å². The molecule has 0 bridgehead atoms. The maximum absolute atomic E-state index is 9.56. The molecule has 0 radical (unpaired) electrons. The van der Waals surface area contributed by atoms with Crippen molar-refractivity contribution in [1.82, 2.24) is 4.98 Å². The van der Waals surface area contributed by atoms with Gasteiger partial charge in [0.2, 0.25) is 0 Å². The average Bonchev–Trinajstić information content (AvgIpc) is 2.73. The summed E-state index contributed by atoms with van der Waals surface area (Å²) in [6.45, 7) is 8.01. The molecule has 0 unspecified atom stereocenters. The van der Waals surface area contributed by atoms with Gasteiger partial charge < -0.3 is 19.2 Å². The van der Waals surface area contributed by atoms with Crippen LogP contribution in [0, 0.1) is 0 Å². The van der Waals surface area contributed by atoms with Crippen LogP contribution in [0.3, 0.4) is 0 Å². The first kappa shape index (κ1) is 16.2. The Kier molecular flexibility index (Phi) is 3.87. The van der Waals surface area contributed by atoms with Gasteiger partial charge in [0, 0.05) is 10.8 Å². The maximum Gasteiger partial charge on any atom is 0.497 e. The van der Waals surface area contributed by atoms with E-state index in [1.165, 1.54) is 0 Å². The number of aromatic nitrogens is 1. The standard InChI is InChI=1S/C17H22BNO4/c1-16(2)17(3,4)23-18(22-16)14-7-11(10-20)6-12-8-13(21-5)9-19-15(12)14/h6-9,20H,10H2,1-5H3. The summed E-state index contributed by atoms with van der Waals surface area (Å²) in [4.78, 5) is 4.50. The van der Waals surface area contributed by atoms with Gasteiger partial charge in [-0.3, -0.25) is 4.98 Å². The highest BCUT2D eigenvalue weighted by molar-refractivity contribution is 6.65. The molecule has 1 saturated heterocycles. The van der Waals surface area contributed by atoms with Gasteiger partial charge in [-0.25, -0.2) is 0 Å². The summed E-state index contributed by atoms with van der Waals surface area (Å²) in [7, 11) is 1.09. The molecule has 1 aliphatic heterocycles. The zero-order valence-corrected chi connectivity index (χ0v) is 14.2. The largest absolute Gasteiger partial charge is 0.497 e. The first-order valence-corrected chi connectivity index (χ1v) is 7.70. The van der Waals surface area contributed by atoms with Gasteiger partial charge in [-0.15, -0.1) is 0 Å². The summed E-state index contributed by atoms with van der Waals surface area (Å²) in [6, 6.07) is 5.69. The van der Waals surface area contributed by atoms with E-state index in [1.54, 1.807) is 13.3 Å². The van der Waals surface area contributed by atoms with Gasteiger partial charge in [0.1, 0.15) is 5.75 Å². The summed E-state index contributed by atoms with van der Waals surface area (Å²) in [6.07, 6.45) is 1.68. The lowest BCUT2D eigenvalue weighted by molar-refractivity contribution is 0.00578. The summed E-state index contributed by atoms with van der Waals surface area (Å²) in [5.74, 6) is 0.674. The highest BCUT2D eigenvalue weighted by atomic mass is 16.7. The van der Waals surface area contributed by atoms with Gasteiger partial charge in [0.05, 0.1) is 36.6 Å². The molecule has 6 heteroatoms. The van der Waals surface area contributed by atoms with Crippen molar-refractivity contribution in [2.75, 3.05) is 7.11 Å². The maximum atomic E-state index is 9.56. The smallest absolute Gasteiger partial charge is 0.495 e. The number of ether oxygens (including phenoxy) is 1. The Morgan fingerprint density at radius 2 is 1.78 bits per heavy atom. The Hall–Kier alpha value is -1.63. The second-order valence-electron chi connectivity index (χ2n) is 6.88. The van der Waals surface area contributed by atoms with E-state index in [4.69, 9.17) is 14.0 Å². The molecule has 1 aromatic heterocycles. The Labute approximate surface area is 136 Å². The number of nitrogens with zero attached hydrogens (tertiary/aromatic N) is 1. The minimum atomic E-state index is -0.519. The first-order valence-electron chi connectivity index (χ1n) is 7.70. The number of hydrogen-bond acceptors (Lipinski definition) is 5. The van der Waals surface area contributed by atoms with Crippen molar-refractivity contribution in [3.63, 3.8) is 0 Å². The number of rotatable bonds is 3. The monoisotopic (exact) mass is 315 g/mol. The summed E-state index contributed by atoms with van der Waals surface area (Å²) in [5.41, 5.74) is 1.56. The number of benzene rings is 1. The molecule has 1 N–H and O–H groups in total. The number of pyridine rings is 1. The van der Waals surface area contributed by atoms with Gasteiger partial charge in [-0.2, -0.15) is 0 Å². The number of methoxy groups -OCH3 is 1. The molecule has 0 atom stereocenters. The van der Waals surface area contributed by atoms with Crippen LogP contribution < -0.4 is 10.2 Å². The molecule has 2 heterocycles. The van der Waals surface area contributed by atoms with E-state index in [9.17, 15) is 5.11 Å². The quantitative estimate of drug-likeness (QED) is 0.878. The number of fused-ring (bicyclic) bond motifs is 1. The minimum absolute atomic E-state index is 0.0559. The average molecular weight is 315 g/mol. The molecular weight excluding hydrogens is 293 g/mol. The number of aliphatic hydroxyl groups excluding tert-OH is 1. The minimum Gasteiger partial charge on any atom is -0.495 e. The number of aliphatic hydroxyl groups is 1. The lowest BCUT2D eigenvalue weighted by Crippen LogP contribution is -2.41. The van der Waals surface area contributed by atoms with Crippen molar-refractivity contribution in [3.05, 3.63) is 30.0 Å². The third-order valence-corrected chi connectivity index (χ3v) is 4.77.